The molecule has 0 unspecified atom stereocenters. The second kappa shape index (κ2) is 7.54. The standard InChI is InChI=1S/C17H21N7O5/c25-24(26)29-14-11-28-15-13(10-27-16(14)15)21-6-8-22(9-7-21)17-18-19-20-23(17)12-4-2-1-3-5-12/h1-5,13-16H,6-11H2/t13-,14-,15+,16+/m0/s1. The lowest BCUT2D eigenvalue weighted by atomic mass is 10.1. The fourth-order valence-corrected chi connectivity index (χ4v) is 4.33. The highest BCUT2D eigenvalue weighted by Gasteiger charge is 2.51. The Kier molecular flexibility index (Phi) is 4.73. The third-order valence-corrected chi connectivity index (χ3v) is 5.72. The summed E-state index contributed by atoms with van der Waals surface area (Å²) in [5, 5.41) is 22.0. The molecule has 3 fully saturated rings. The van der Waals surface area contributed by atoms with Crippen LogP contribution in [0.5, 0.6) is 0 Å². The molecule has 3 aliphatic heterocycles. The molecule has 5 rings (SSSR count). The van der Waals surface area contributed by atoms with E-state index in [1.807, 2.05) is 30.3 Å². The van der Waals surface area contributed by atoms with E-state index in [1.165, 1.54) is 0 Å². The molecule has 0 spiro atoms. The molecule has 1 aromatic carbocycles. The Bertz CT molecular complexity index is 857. The largest absolute Gasteiger partial charge is 0.371 e. The Morgan fingerprint density at radius 1 is 1.07 bits per heavy atom. The van der Waals surface area contributed by atoms with Crippen LogP contribution < -0.4 is 4.90 Å². The number of tetrazole rings is 1. The number of nitrogens with zero attached hydrogens (tertiary/aromatic N) is 7. The summed E-state index contributed by atoms with van der Waals surface area (Å²) in [6.45, 7) is 3.77. The topological polar surface area (TPSA) is 121 Å². The van der Waals surface area contributed by atoms with Gasteiger partial charge in [-0.3, -0.25) is 4.90 Å². The predicted molar refractivity (Wildman–Crippen MR) is 98.1 cm³/mol. The summed E-state index contributed by atoms with van der Waals surface area (Å²) in [7, 11) is 0. The monoisotopic (exact) mass is 403 g/mol. The maximum Gasteiger partial charge on any atom is 0.294 e. The highest BCUT2D eigenvalue weighted by molar-refractivity contribution is 5.40. The normalized spacial score (nSPS) is 29.7. The minimum atomic E-state index is -0.775. The van der Waals surface area contributed by atoms with Gasteiger partial charge in [0.15, 0.2) is 6.10 Å². The van der Waals surface area contributed by atoms with Crippen molar-refractivity contribution in [3.05, 3.63) is 40.4 Å². The van der Waals surface area contributed by atoms with Crippen molar-refractivity contribution in [2.45, 2.75) is 24.4 Å². The van der Waals surface area contributed by atoms with E-state index in [0.29, 0.717) is 12.6 Å². The lowest BCUT2D eigenvalue weighted by Gasteiger charge is -2.38. The molecule has 0 amide bonds. The molecule has 29 heavy (non-hydrogen) atoms. The molecule has 3 aliphatic rings. The quantitative estimate of drug-likeness (QED) is 0.478. The molecule has 0 bridgehead atoms. The van der Waals surface area contributed by atoms with E-state index < -0.39 is 17.3 Å². The van der Waals surface area contributed by atoms with Crippen molar-refractivity contribution in [2.75, 3.05) is 44.3 Å². The first-order valence-electron chi connectivity index (χ1n) is 9.58. The van der Waals surface area contributed by atoms with Gasteiger partial charge in [0.1, 0.15) is 12.2 Å². The van der Waals surface area contributed by atoms with Gasteiger partial charge in [-0.05, 0) is 22.6 Å². The van der Waals surface area contributed by atoms with E-state index in [2.05, 4.69) is 25.3 Å². The molecule has 2 aromatic rings. The molecule has 12 nitrogen and oxygen atoms in total. The fourth-order valence-electron chi connectivity index (χ4n) is 4.33. The van der Waals surface area contributed by atoms with Crippen molar-refractivity contribution in [1.29, 1.82) is 0 Å². The lowest BCUT2D eigenvalue weighted by Crippen LogP contribution is -2.54. The molecule has 0 aliphatic carbocycles. The second-order valence-corrected chi connectivity index (χ2v) is 7.28. The van der Waals surface area contributed by atoms with Gasteiger partial charge < -0.3 is 19.2 Å². The number of para-hydroxylation sites is 1. The Hall–Kier alpha value is -2.83. The van der Waals surface area contributed by atoms with Crippen molar-refractivity contribution < 1.29 is 19.4 Å². The first-order chi connectivity index (χ1) is 14.2. The number of piperazine rings is 1. The summed E-state index contributed by atoms with van der Waals surface area (Å²) >= 11 is 0. The Labute approximate surface area is 166 Å². The van der Waals surface area contributed by atoms with Crippen LogP contribution in [0.15, 0.2) is 30.3 Å². The van der Waals surface area contributed by atoms with Gasteiger partial charge in [0, 0.05) is 26.2 Å². The minimum Gasteiger partial charge on any atom is -0.371 e. The maximum atomic E-state index is 10.6. The van der Waals surface area contributed by atoms with E-state index in [-0.39, 0.29) is 18.8 Å². The number of hydrogen-bond donors (Lipinski definition) is 0. The molecule has 0 radical (unpaired) electrons. The zero-order valence-electron chi connectivity index (χ0n) is 15.6. The summed E-state index contributed by atoms with van der Waals surface area (Å²) < 4.78 is 13.3. The van der Waals surface area contributed by atoms with Gasteiger partial charge in [-0.15, -0.1) is 10.1 Å². The molecule has 3 saturated heterocycles. The smallest absolute Gasteiger partial charge is 0.294 e. The molecule has 4 heterocycles. The van der Waals surface area contributed by atoms with Crippen molar-refractivity contribution in [3.8, 4) is 5.69 Å². The highest BCUT2D eigenvalue weighted by Crippen LogP contribution is 2.32. The summed E-state index contributed by atoms with van der Waals surface area (Å²) in [6.07, 6.45) is -1.26. The summed E-state index contributed by atoms with van der Waals surface area (Å²) in [4.78, 5) is 19.8. The van der Waals surface area contributed by atoms with E-state index in [0.717, 1.165) is 31.9 Å². The zero-order valence-corrected chi connectivity index (χ0v) is 15.6. The third kappa shape index (κ3) is 3.39. The van der Waals surface area contributed by atoms with Crippen LogP contribution >= 0.6 is 0 Å². The van der Waals surface area contributed by atoms with Crippen LogP contribution in [0.2, 0.25) is 0 Å². The van der Waals surface area contributed by atoms with Gasteiger partial charge in [0.05, 0.1) is 24.9 Å². The predicted octanol–water partition coefficient (Wildman–Crippen LogP) is -0.473. The number of hydrogen-bond acceptors (Lipinski definition) is 10. The molecule has 12 heteroatoms. The molecule has 0 N–H and O–H groups in total. The van der Waals surface area contributed by atoms with Crippen LogP contribution in [-0.4, -0.2) is 93.9 Å². The lowest BCUT2D eigenvalue weighted by molar-refractivity contribution is -0.769. The van der Waals surface area contributed by atoms with Crippen molar-refractivity contribution in [1.82, 2.24) is 25.1 Å². The van der Waals surface area contributed by atoms with Gasteiger partial charge in [-0.2, -0.15) is 4.68 Å². The van der Waals surface area contributed by atoms with E-state index in [9.17, 15) is 10.1 Å². The fraction of sp³-hybridized carbons (Fsp3) is 0.588. The van der Waals surface area contributed by atoms with Crippen molar-refractivity contribution in [3.63, 3.8) is 0 Å². The summed E-state index contributed by atoms with van der Waals surface area (Å²) in [6, 6.07) is 9.85. The third-order valence-electron chi connectivity index (χ3n) is 5.72. The van der Waals surface area contributed by atoms with Crippen LogP contribution in [0, 0.1) is 10.1 Å². The number of anilines is 1. The van der Waals surface area contributed by atoms with E-state index in [4.69, 9.17) is 14.3 Å². The number of ether oxygens (including phenoxy) is 2. The van der Waals surface area contributed by atoms with Crippen LogP contribution in [0.4, 0.5) is 5.95 Å². The molecule has 0 saturated carbocycles. The average molecular weight is 403 g/mol. The Morgan fingerprint density at radius 3 is 2.59 bits per heavy atom. The minimum absolute atomic E-state index is 0.0626. The van der Waals surface area contributed by atoms with Crippen molar-refractivity contribution >= 4 is 5.95 Å². The van der Waals surface area contributed by atoms with Gasteiger partial charge in [0.25, 0.3) is 5.09 Å². The van der Waals surface area contributed by atoms with Gasteiger partial charge in [-0.1, -0.05) is 23.3 Å². The second-order valence-electron chi connectivity index (χ2n) is 7.28. The SMILES string of the molecule is O=[N+]([O-])O[C@H]1CO[C@H]2[C@@H]1OC[C@@H]2N1CCN(c2nnnn2-c2ccccc2)CC1. The number of fused-ring (bicyclic) bond motifs is 1. The highest BCUT2D eigenvalue weighted by atomic mass is 17.0. The molecule has 154 valence electrons. The van der Waals surface area contributed by atoms with Gasteiger partial charge in [0.2, 0.25) is 5.95 Å². The molecule has 1 aromatic heterocycles. The summed E-state index contributed by atoms with van der Waals surface area (Å²) in [5.74, 6) is 0.716. The van der Waals surface area contributed by atoms with Crippen LogP contribution in [0.25, 0.3) is 5.69 Å². The number of aromatic nitrogens is 4. The average Bonchev–Trinajstić information content (AvgIpc) is 3.46. The maximum absolute atomic E-state index is 10.6. The number of benzene rings is 1. The first-order valence-corrected chi connectivity index (χ1v) is 9.58. The Morgan fingerprint density at radius 2 is 1.83 bits per heavy atom. The Balaban J connectivity index is 1.22. The van der Waals surface area contributed by atoms with Crippen LogP contribution in [0.1, 0.15) is 0 Å². The molecular weight excluding hydrogens is 382 g/mol. The zero-order chi connectivity index (χ0) is 19.8. The summed E-state index contributed by atoms with van der Waals surface area (Å²) in [5.41, 5.74) is 0.915. The van der Waals surface area contributed by atoms with E-state index in [1.54, 1.807) is 4.68 Å². The molecule has 4 atom stereocenters. The van der Waals surface area contributed by atoms with Crippen molar-refractivity contribution in [2.24, 2.45) is 0 Å². The first kappa shape index (κ1) is 18.2. The van der Waals surface area contributed by atoms with Crippen LogP contribution in [0.3, 0.4) is 0 Å². The molecular formula is C17H21N7O5. The number of rotatable bonds is 5. The van der Waals surface area contributed by atoms with Gasteiger partial charge in [-0.25, -0.2) is 0 Å². The van der Waals surface area contributed by atoms with E-state index >= 15 is 0 Å². The van der Waals surface area contributed by atoms with Gasteiger partial charge >= 0.3 is 0 Å². The van der Waals surface area contributed by atoms with Crippen LogP contribution in [-0.2, 0) is 14.3 Å².